The van der Waals surface area contributed by atoms with Crippen molar-refractivity contribution in [3.63, 3.8) is 0 Å². The Labute approximate surface area is 99.5 Å². The summed E-state index contributed by atoms with van der Waals surface area (Å²) in [7, 11) is 0. The molecular formula is C12H17NO2S. The van der Waals surface area contributed by atoms with Gasteiger partial charge >= 0.3 is 5.97 Å². The van der Waals surface area contributed by atoms with Crippen LogP contribution in [-0.2, 0) is 16.6 Å². The van der Waals surface area contributed by atoms with Gasteiger partial charge in [0.2, 0.25) is 0 Å². The Balaban J connectivity index is 2.28. The molecule has 4 heteroatoms. The topological polar surface area (TPSA) is 50.2 Å². The quantitative estimate of drug-likeness (QED) is 0.879. The number of aliphatic carboxylic acids is 1. The van der Waals surface area contributed by atoms with Crippen molar-refractivity contribution < 1.29 is 9.90 Å². The van der Waals surface area contributed by atoms with Crippen LogP contribution in [-0.4, -0.2) is 16.1 Å². The van der Waals surface area contributed by atoms with E-state index in [9.17, 15) is 9.90 Å². The summed E-state index contributed by atoms with van der Waals surface area (Å²) in [5, 5.41) is 10.0. The zero-order chi connectivity index (χ0) is 11.9. The van der Waals surface area contributed by atoms with Gasteiger partial charge in [0.25, 0.3) is 0 Å². The first-order valence-electron chi connectivity index (χ1n) is 5.66. The zero-order valence-corrected chi connectivity index (χ0v) is 10.7. The maximum absolute atomic E-state index is 11.2. The van der Waals surface area contributed by atoms with Crippen molar-refractivity contribution in [1.82, 2.24) is 4.98 Å². The van der Waals surface area contributed by atoms with Crippen molar-refractivity contribution in [3.05, 3.63) is 15.6 Å². The summed E-state index contributed by atoms with van der Waals surface area (Å²) in [5.74, 6) is -0.147. The molecule has 1 aromatic rings. The second-order valence-corrected chi connectivity index (χ2v) is 6.21. The van der Waals surface area contributed by atoms with Crippen molar-refractivity contribution >= 4 is 17.3 Å². The number of thiazole rings is 1. The normalized spacial score (nSPS) is 17.8. The number of hydrogen-bond acceptors (Lipinski definition) is 3. The molecule has 0 aromatic carbocycles. The van der Waals surface area contributed by atoms with Gasteiger partial charge in [0.05, 0.1) is 5.69 Å². The fraction of sp³-hybridized carbons (Fsp3) is 0.667. The molecule has 0 radical (unpaired) electrons. The van der Waals surface area contributed by atoms with Gasteiger partial charge in [0.15, 0.2) is 0 Å². The van der Waals surface area contributed by atoms with E-state index in [1.165, 1.54) is 4.88 Å². The van der Waals surface area contributed by atoms with E-state index in [2.05, 4.69) is 18.8 Å². The lowest BCUT2D eigenvalue weighted by Crippen LogP contribution is -2.19. The Bertz CT molecular complexity index is 419. The van der Waals surface area contributed by atoms with E-state index in [0.717, 1.165) is 30.0 Å². The third kappa shape index (κ3) is 1.86. The Morgan fingerprint density at radius 3 is 2.62 bits per heavy atom. The molecule has 3 nitrogen and oxygen atoms in total. The summed E-state index contributed by atoms with van der Waals surface area (Å²) in [6.07, 6.45) is 2.44. The number of aryl methyl sites for hydroxylation is 1. The highest BCUT2D eigenvalue weighted by Crippen LogP contribution is 2.50. The van der Waals surface area contributed by atoms with Crippen LogP contribution in [0.4, 0.5) is 0 Å². The van der Waals surface area contributed by atoms with Crippen LogP contribution in [0.5, 0.6) is 0 Å². The molecule has 1 saturated carbocycles. The molecule has 1 fully saturated rings. The second-order valence-electron chi connectivity index (χ2n) is 5.01. The summed E-state index contributed by atoms with van der Waals surface area (Å²) >= 11 is 1.56. The van der Waals surface area contributed by atoms with Gasteiger partial charge in [-0.3, -0.25) is 4.79 Å². The van der Waals surface area contributed by atoms with E-state index in [4.69, 9.17) is 0 Å². The molecule has 88 valence electrons. The number of aromatic nitrogens is 1. The number of nitrogens with zero attached hydrogens (tertiary/aromatic N) is 1. The lowest BCUT2D eigenvalue weighted by atomic mass is 10.1. The molecule has 0 saturated heterocycles. The molecule has 0 spiro atoms. The monoisotopic (exact) mass is 239 g/mol. The first-order chi connectivity index (χ1) is 7.45. The lowest BCUT2D eigenvalue weighted by Gasteiger charge is -2.04. The van der Waals surface area contributed by atoms with Crippen molar-refractivity contribution in [2.24, 2.45) is 5.92 Å². The molecule has 1 N–H and O–H groups in total. The number of carbonyl (C=O) groups is 1. The highest BCUT2D eigenvalue weighted by Gasteiger charge is 2.54. The summed E-state index contributed by atoms with van der Waals surface area (Å²) in [5.41, 5.74) is 0.451. The standard InChI is InChI=1S/C12H17NO2S/c1-7(2)6-9-8(3)16-10(13-9)12(4-5-12)11(14)15/h7H,4-6H2,1-3H3,(H,14,15). The maximum atomic E-state index is 11.2. The summed E-state index contributed by atoms with van der Waals surface area (Å²) < 4.78 is 0. The van der Waals surface area contributed by atoms with Crippen molar-refractivity contribution in [1.29, 1.82) is 0 Å². The van der Waals surface area contributed by atoms with E-state index in [1.807, 2.05) is 6.92 Å². The average molecular weight is 239 g/mol. The van der Waals surface area contributed by atoms with Crippen molar-refractivity contribution in [2.75, 3.05) is 0 Å². The van der Waals surface area contributed by atoms with Crippen LogP contribution in [0.2, 0.25) is 0 Å². The largest absolute Gasteiger partial charge is 0.481 e. The van der Waals surface area contributed by atoms with Crippen molar-refractivity contribution in [2.45, 2.75) is 45.4 Å². The first kappa shape index (κ1) is 11.6. The van der Waals surface area contributed by atoms with Crippen LogP contribution in [0.25, 0.3) is 0 Å². The Kier molecular flexibility index (Phi) is 2.78. The number of rotatable bonds is 4. The lowest BCUT2D eigenvalue weighted by molar-refractivity contribution is -0.140. The van der Waals surface area contributed by atoms with Gasteiger partial charge in [-0.05, 0) is 32.1 Å². The van der Waals surface area contributed by atoms with Gasteiger partial charge in [-0.1, -0.05) is 13.8 Å². The van der Waals surface area contributed by atoms with Crippen LogP contribution >= 0.6 is 11.3 Å². The molecule has 0 amide bonds. The third-order valence-corrected chi connectivity index (χ3v) is 4.28. The predicted octanol–water partition coefficient (Wildman–Crippen LogP) is 2.77. The Hall–Kier alpha value is -0.900. The predicted molar refractivity (Wildman–Crippen MR) is 63.9 cm³/mol. The molecule has 0 aliphatic heterocycles. The van der Waals surface area contributed by atoms with E-state index >= 15 is 0 Å². The van der Waals surface area contributed by atoms with Crippen LogP contribution in [0.15, 0.2) is 0 Å². The molecule has 0 bridgehead atoms. The van der Waals surface area contributed by atoms with Crippen LogP contribution in [0.3, 0.4) is 0 Å². The Morgan fingerprint density at radius 1 is 1.56 bits per heavy atom. The fourth-order valence-corrected chi connectivity index (χ4v) is 3.03. The molecule has 1 heterocycles. The molecule has 0 unspecified atom stereocenters. The molecular weight excluding hydrogens is 222 g/mol. The summed E-state index contributed by atoms with van der Waals surface area (Å²) in [6, 6.07) is 0. The van der Waals surface area contributed by atoms with Gasteiger partial charge in [-0.25, -0.2) is 4.98 Å². The SMILES string of the molecule is Cc1sc(C2(C(=O)O)CC2)nc1CC(C)C. The third-order valence-electron chi connectivity index (χ3n) is 3.06. The molecule has 1 aromatic heterocycles. The van der Waals surface area contributed by atoms with Crippen LogP contribution < -0.4 is 0 Å². The molecule has 16 heavy (non-hydrogen) atoms. The van der Waals surface area contributed by atoms with Gasteiger partial charge < -0.3 is 5.11 Å². The van der Waals surface area contributed by atoms with E-state index in [-0.39, 0.29) is 0 Å². The highest BCUT2D eigenvalue weighted by molar-refractivity contribution is 7.12. The second kappa shape index (κ2) is 3.84. The minimum atomic E-state index is -0.711. The molecule has 0 atom stereocenters. The number of hydrogen-bond donors (Lipinski definition) is 1. The van der Waals surface area contributed by atoms with Gasteiger partial charge in [-0.15, -0.1) is 11.3 Å². The van der Waals surface area contributed by atoms with Gasteiger partial charge in [0, 0.05) is 4.88 Å². The smallest absolute Gasteiger partial charge is 0.316 e. The summed E-state index contributed by atoms with van der Waals surface area (Å²) in [4.78, 5) is 16.9. The molecule has 1 aliphatic carbocycles. The van der Waals surface area contributed by atoms with E-state index in [1.54, 1.807) is 11.3 Å². The maximum Gasteiger partial charge on any atom is 0.316 e. The van der Waals surface area contributed by atoms with E-state index in [0.29, 0.717) is 5.92 Å². The minimum absolute atomic E-state index is 0.564. The summed E-state index contributed by atoms with van der Waals surface area (Å²) in [6.45, 7) is 6.35. The number of carboxylic acids is 1. The van der Waals surface area contributed by atoms with Crippen LogP contribution in [0, 0.1) is 12.8 Å². The first-order valence-corrected chi connectivity index (χ1v) is 6.47. The molecule has 1 aliphatic rings. The van der Waals surface area contributed by atoms with Crippen LogP contribution in [0.1, 0.15) is 42.3 Å². The van der Waals surface area contributed by atoms with Crippen molar-refractivity contribution in [3.8, 4) is 0 Å². The number of carboxylic acid groups (broad SMARTS) is 1. The van der Waals surface area contributed by atoms with Gasteiger partial charge in [0.1, 0.15) is 10.4 Å². The zero-order valence-electron chi connectivity index (χ0n) is 9.91. The highest BCUT2D eigenvalue weighted by atomic mass is 32.1. The average Bonchev–Trinajstić information content (AvgIpc) is 2.89. The van der Waals surface area contributed by atoms with Gasteiger partial charge in [-0.2, -0.15) is 0 Å². The minimum Gasteiger partial charge on any atom is -0.481 e. The molecule has 2 rings (SSSR count). The Morgan fingerprint density at radius 2 is 2.19 bits per heavy atom. The van der Waals surface area contributed by atoms with E-state index < -0.39 is 11.4 Å². The fourth-order valence-electron chi connectivity index (χ4n) is 1.85.